The van der Waals surface area contributed by atoms with Gasteiger partial charge in [0, 0.05) is 49.2 Å². The number of amides is 2. The Hall–Kier alpha value is -4.45. The molecule has 12 heteroatoms. The Balaban J connectivity index is 1.38. The van der Waals surface area contributed by atoms with Crippen molar-refractivity contribution in [2.75, 3.05) is 5.32 Å². The minimum Gasteiger partial charge on any atom is -0.487 e. The number of hydrogen-bond donors (Lipinski definition) is 2. The van der Waals surface area contributed by atoms with Crippen molar-refractivity contribution in [2.45, 2.75) is 72.3 Å². The van der Waals surface area contributed by atoms with Crippen molar-refractivity contribution in [3.63, 3.8) is 0 Å². The number of pyridine rings is 1. The number of fused-ring (bicyclic) bond motifs is 1. The molecule has 4 heterocycles. The Morgan fingerprint density at radius 2 is 1.81 bits per heavy atom. The number of carbonyl (C=O) groups is 2. The molecule has 5 rings (SSSR count). The Labute approximate surface area is 241 Å². The molecule has 1 aliphatic rings. The Kier molecular flexibility index (Phi) is 8.17. The van der Waals surface area contributed by atoms with Gasteiger partial charge in [-0.2, -0.15) is 5.10 Å². The lowest BCUT2D eigenvalue weighted by molar-refractivity contribution is -0.114. The molecule has 1 fully saturated rings. The highest BCUT2D eigenvalue weighted by Gasteiger charge is 2.28. The predicted octanol–water partition coefficient (Wildman–Crippen LogP) is 4.91. The van der Waals surface area contributed by atoms with E-state index in [9.17, 15) is 18.4 Å². The summed E-state index contributed by atoms with van der Waals surface area (Å²) in [6, 6.07) is 7.11. The van der Waals surface area contributed by atoms with Crippen molar-refractivity contribution in [1.29, 1.82) is 0 Å². The summed E-state index contributed by atoms with van der Waals surface area (Å²) in [4.78, 5) is 33.6. The zero-order valence-electron chi connectivity index (χ0n) is 24.0. The standard InChI is InChI=1S/C30H32F2N6O4/c1-15-8-22(9-16(2)41-15)42-29-20(10-21(31)11-25(29)32)13-33-30(40)24-12-23(17(3)34-18(24)4)26-6-7-28-36-27(35-19(5)39)14-38(28)37-26/h6-7,10-12,14-16,22H,8-9,13H2,1-5H3,(H,33,40)(H,35,39). The maximum atomic E-state index is 14.9. The molecule has 2 atom stereocenters. The Morgan fingerprint density at radius 1 is 1.07 bits per heavy atom. The van der Waals surface area contributed by atoms with Gasteiger partial charge in [0.15, 0.2) is 23.0 Å². The van der Waals surface area contributed by atoms with Crippen LogP contribution < -0.4 is 15.4 Å². The molecule has 1 saturated heterocycles. The van der Waals surface area contributed by atoms with Gasteiger partial charge in [0.2, 0.25) is 5.91 Å². The van der Waals surface area contributed by atoms with Gasteiger partial charge in [-0.3, -0.25) is 14.6 Å². The van der Waals surface area contributed by atoms with E-state index in [1.54, 1.807) is 31.3 Å². The maximum Gasteiger partial charge on any atom is 0.253 e. The number of rotatable bonds is 7. The molecular formula is C30H32F2N6O4. The quantitative estimate of drug-likeness (QED) is 0.320. The van der Waals surface area contributed by atoms with Crippen LogP contribution >= 0.6 is 0 Å². The lowest BCUT2D eigenvalue weighted by Gasteiger charge is -2.32. The lowest BCUT2D eigenvalue weighted by atomic mass is 10.0. The molecule has 0 saturated carbocycles. The van der Waals surface area contributed by atoms with Gasteiger partial charge >= 0.3 is 0 Å². The summed E-state index contributed by atoms with van der Waals surface area (Å²) in [5, 5.41) is 9.96. The second kappa shape index (κ2) is 11.8. The van der Waals surface area contributed by atoms with Crippen LogP contribution in [-0.2, 0) is 16.1 Å². The van der Waals surface area contributed by atoms with Crippen LogP contribution in [0.25, 0.3) is 16.9 Å². The molecule has 4 aromatic rings. The van der Waals surface area contributed by atoms with E-state index in [4.69, 9.17) is 9.47 Å². The van der Waals surface area contributed by atoms with Crippen LogP contribution in [0.2, 0.25) is 0 Å². The van der Waals surface area contributed by atoms with Crippen molar-refractivity contribution in [2.24, 2.45) is 0 Å². The molecule has 220 valence electrons. The first-order chi connectivity index (χ1) is 20.0. The summed E-state index contributed by atoms with van der Waals surface area (Å²) < 4.78 is 42.4. The van der Waals surface area contributed by atoms with Crippen molar-refractivity contribution in [3.05, 3.63) is 70.7 Å². The maximum absolute atomic E-state index is 14.9. The molecular weight excluding hydrogens is 546 g/mol. The van der Waals surface area contributed by atoms with E-state index < -0.39 is 17.5 Å². The van der Waals surface area contributed by atoms with E-state index in [-0.39, 0.29) is 47.6 Å². The Bertz CT molecular complexity index is 1660. The number of aryl methyl sites for hydroxylation is 2. The van der Waals surface area contributed by atoms with E-state index in [2.05, 4.69) is 25.7 Å². The highest BCUT2D eigenvalue weighted by atomic mass is 19.1. The van der Waals surface area contributed by atoms with Gasteiger partial charge in [0.1, 0.15) is 11.9 Å². The first kappa shape index (κ1) is 29.1. The molecule has 2 N–H and O–H groups in total. The normalized spacial score (nSPS) is 18.6. The molecule has 2 unspecified atom stereocenters. The third kappa shape index (κ3) is 6.38. The summed E-state index contributed by atoms with van der Waals surface area (Å²) in [5.41, 5.74) is 3.30. The number of ether oxygens (including phenoxy) is 2. The van der Waals surface area contributed by atoms with Gasteiger partial charge in [-0.1, -0.05) is 0 Å². The van der Waals surface area contributed by atoms with Gasteiger partial charge in [0.05, 0.1) is 35.4 Å². The summed E-state index contributed by atoms with van der Waals surface area (Å²) in [5.74, 6) is -2.04. The fourth-order valence-electron chi connectivity index (χ4n) is 5.24. The number of carbonyl (C=O) groups excluding carboxylic acids is 2. The van der Waals surface area contributed by atoms with E-state index in [0.29, 0.717) is 47.0 Å². The SMILES string of the molecule is CC(=O)Nc1cn2nc(-c3cc(C(=O)NCc4cc(F)cc(F)c4OC4CC(C)OC(C)C4)c(C)nc3C)ccc2n1. The third-order valence-electron chi connectivity index (χ3n) is 7.01. The minimum absolute atomic E-state index is 0.0557. The first-order valence-corrected chi connectivity index (χ1v) is 13.7. The van der Waals surface area contributed by atoms with E-state index in [1.807, 2.05) is 20.8 Å². The number of hydrogen-bond acceptors (Lipinski definition) is 7. The average molecular weight is 579 g/mol. The molecule has 0 spiro atoms. The average Bonchev–Trinajstić information content (AvgIpc) is 3.29. The molecule has 1 aromatic carbocycles. The minimum atomic E-state index is -0.829. The largest absolute Gasteiger partial charge is 0.487 e. The zero-order chi connectivity index (χ0) is 30.1. The predicted molar refractivity (Wildman–Crippen MR) is 151 cm³/mol. The van der Waals surface area contributed by atoms with Crippen molar-refractivity contribution in [3.8, 4) is 17.0 Å². The van der Waals surface area contributed by atoms with Gasteiger partial charge in [-0.05, 0) is 52.0 Å². The van der Waals surface area contributed by atoms with E-state index >= 15 is 0 Å². The number of imidazole rings is 1. The van der Waals surface area contributed by atoms with Gasteiger partial charge < -0.3 is 20.1 Å². The topological polar surface area (TPSA) is 120 Å². The van der Waals surface area contributed by atoms with Gasteiger partial charge in [0.25, 0.3) is 5.91 Å². The van der Waals surface area contributed by atoms with Crippen LogP contribution in [-0.4, -0.2) is 49.7 Å². The number of benzene rings is 1. The molecule has 0 bridgehead atoms. The summed E-state index contributed by atoms with van der Waals surface area (Å²) in [7, 11) is 0. The van der Waals surface area contributed by atoms with Crippen molar-refractivity contribution < 1.29 is 27.8 Å². The smallest absolute Gasteiger partial charge is 0.253 e. The number of anilines is 1. The molecule has 1 aliphatic heterocycles. The fraction of sp³-hybridized carbons (Fsp3) is 0.367. The van der Waals surface area contributed by atoms with Crippen LogP contribution in [0.4, 0.5) is 14.6 Å². The lowest BCUT2D eigenvalue weighted by Crippen LogP contribution is -2.36. The summed E-state index contributed by atoms with van der Waals surface area (Å²) in [6.07, 6.45) is 2.30. The molecule has 3 aromatic heterocycles. The fourth-order valence-corrected chi connectivity index (χ4v) is 5.24. The second-order valence-electron chi connectivity index (χ2n) is 10.6. The molecule has 0 radical (unpaired) electrons. The van der Waals surface area contributed by atoms with Crippen molar-refractivity contribution >= 4 is 23.3 Å². The van der Waals surface area contributed by atoms with Gasteiger partial charge in [-0.25, -0.2) is 18.3 Å². The summed E-state index contributed by atoms with van der Waals surface area (Å²) in [6.45, 7) is 8.60. The van der Waals surface area contributed by atoms with Crippen LogP contribution in [0.15, 0.2) is 36.5 Å². The van der Waals surface area contributed by atoms with Crippen LogP contribution in [0.3, 0.4) is 0 Å². The number of aromatic nitrogens is 4. The van der Waals surface area contributed by atoms with E-state index in [1.165, 1.54) is 11.4 Å². The van der Waals surface area contributed by atoms with E-state index in [0.717, 1.165) is 12.1 Å². The van der Waals surface area contributed by atoms with Gasteiger partial charge in [-0.15, -0.1) is 0 Å². The number of nitrogens with zero attached hydrogens (tertiary/aromatic N) is 4. The zero-order valence-corrected chi connectivity index (χ0v) is 24.0. The van der Waals surface area contributed by atoms with Crippen LogP contribution in [0.1, 0.15) is 60.9 Å². The Morgan fingerprint density at radius 3 is 2.52 bits per heavy atom. The second-order valence-corrected chi connectivity index (χ2v) is 10.6. The molecule has 0 aliphatic carbocycles. The highest BCUT2D eigenvalue weighted by Crippen LogP contribution is 2.30. The molecule has 42 heavy (non-hydrogen) atoms. The monoisotopic (exact) mass is 578 g/mol. The van der Waals surface area contributed by atoms with Crippen molar-refractivity contribution in [1.82, 2.24) is 24.9 Å². The molecule has 10 nitrogen and oxygen atoms in total. The van der Waals surface area contributed by atoms with Crippen LogP contribution in [0, 0.1) is 25.5 Å². The molecule has 2 amide bonds. The third-order valence-corrected chi connectivity index (χ3v) is 7.01. The number of nitrogens with one attached hydrogen (secondary N) is 2. The highest BCUT2D eigenvalue weighted by molar-refractivity contribution is 5.96. The van der Waals surface area contributed by atoms with Crippen LogP contribution in [0.5, 0.6) is 5.75 Å². The summed E-state index contributed by atoms with van der Waals surface area (Å²) >= 11 is 0. The number of halogens is 2. The first-order valence-electron chi connectivity index (χ1n) is 13.7.